The minimum Gasteiger partial charge on any atom is -0.381 e. The Hall–Kier alpha value is -0.410. The van der Waals surface area contributed by atoms with Crippen LogP contribution in [0.4, 0.5) is 0 Å². The Morgan fingerprint density at radius 1 is 1.43 bits per heavy atom. The van der Waals surface area contributed by atoms with E-state index in [0.29, 0.717) is 18.1 Å². The summed E-state index contributed by atoms with van der Waals surface area (Å²) in [5.41, 5.74) is 0. The molecule has 0 aromatic carbocycles. The van der Waals surface area contributed by atoms with E-state index in [9.17, 15) is 4.79 Å². The molecule has 2 fully saturated rings. The second-order valence-electron chi connectivity index (χ2n) is 4.32. The second-order valence-corrected chi connectivity index (χ2v) is 4.32. The zero-order valence-corrected chi connectivity index (χ0v) is 8.54. The maximum Gasteiger partial charge on any atom is 0.135 e. The maximum absolute atomic E-state index is 11.2. The summed E-state index contributed by atoms with van der Waals surface area (Å²) in [7, 11) is 0. The van der Waals surface area contributed by atoms with E-state index in [-0.39, 0.29) is 6.10 Å². The standard InChI is InChI=1S/C11H18O3/c12-10-2-1-3-11(6-10)14-8-9-4-5-13-7-9/h9,11H,1-8H2. The lowest BCUT2D eigenvalue weighted by atomic mass is 9.96. The minimum atomic E-state index is 0.192. The van der Waals surface area contributed by atoms with Crippen molar-refractivity contribution in [3.8, 4) is 0 Å². The van der Waals surface area contributed by atoms with Crippen LogP contribution < -0.4 is 0 Å². The highest BCUT2D eigenvalue weighted by molar-refractivity contribution is 5.79. The number of rotatable bonds is 3. The SMILES string of the molecule is O=C1CCCC(OCC2CCOC2)C1. The van der Waals surface area contributed by atoms with Gasteiger partial charge in [-0.1, -0.05) is 0 Å². The molecule has 1 aliphatic heterocycles. The quantitative estimate of drug-likeness (QED) is 0.690. The molecule has 0 spiro atoms. The Labute approximate surface area is 84.8 Å². The molecular weight excluding hydrogens is 180 g/mol. The Kier molecular flexibility index (Phi) is 3.54. The summed E-state index contributed by atoms with van der Waals surface area (Å²) >= 11 is 0. The van der Waals surface area contributed by atoms with Crippen molar-refractivity contribution in [3.63, 3.8) is 0 Å². The highest BCUT2D eigenvalue weighted by Crippen LogP contribution is 2.20. The van der Waals surface area contributed by atoms with Crippen molar-refractivity contribution in [2.45, 2.75) is 38.2 Å². The molecule has 2 atom stereocenters. The van der Waals surface area contributed by atoms with E-state index >= 15 is 0 Å². The topological polar surface area (TPSA) is 35.5 Å². The predicted octanol–water partition coefficient (Wildman–Crippen LogP) is 1.55. The van der Waals surface area contributed by atoms with E-state index in [0.717, 1.165) is 45.5 Å². The molecule has 2 unspecified atom stereocenters. The number of Topliss-reactive ketones (excluding diaryl/α,β-unsaturated/α-hetero) is 1. The Bertz CT molecular complexity index is 197. The second kappa shape index (κ2) is 4.89. The first-order valence-electron chi connectivity index (χ1n) is 5.55. The monoisotopic (exact) mass is 198 g/mol. The molecule has 1 heterocycles. The van der Waals surface area contributed by atoms with Gasteiger partial charge < -0.3 is 9.47 Å². The third-order valence-corrected chi connectivity index (χ3v) is 3.03. The van der Waals surface area contributed by atoms with Crippen molar-refractivity contribution >= 4 is 5.78 Å². The van der Waals surface area contributed by atoms with Crippen LogP contribution in [-0.4, -0.2) is 31.7 Å². The molecule has 0 amide bonds. The third kappa shape index (κ3) is 2.79. The summed E-state index contributed by atoms with van der Waals surface area (Å²) < 4.78 is 11.0. The van der Waals surface area contributed by atoms with Gasteiger partial charge in [0.15, 0.2) is 0 Å². The average Bonchev–Trinajstić information content (AvgIpc) is 2.67. The fraction of sp³-hybridized carbons (Fsp3) is 0.909. The van der Waals surface area contributed by atoms with Crippen molar-refractivity contribution in [2.24, 2.45) is 5.92 Å². The van der Waals surface area contributed by atoms with Crippen molar-refractivity contribution in [1.82, 2.24) is 0 Å². The van der Waals surface area contributed by atoms with Gasteiger partial charge in [-0.25, -0.2) is 0 Å². The molecule has 2 aliphatic rings. The molecule has 2 rings (SSSR count). The van der Waals surface area contributed by atoms with Crippen molar-refractivity contribution in [3.05, 3.63) is 0 Å². The molecule has 0 aromatic heterocycles. The highest BCUT2D eigenvalue weighted by atomic mass is 16.5. The fourth-order valence-electron chi connectivity index (χ4n) is 2.11. The lowest BCUT2D eigenvalue weighted by molar-refractivity contribution is -0.124. The summed E-state index contributed by atoms with van der Waals surface area (Å²) in [6.07, 6.45) is 4.75. The van der Waals surface area contributed by atoms with Crippen LogP contribution in [0.1, 0.15) is 32.1 Å². The van der Waals surface area contributed by atoms with Gasteiger partial charge in [-0.15, -0.1) is 0 Å². The number of hydrogen-bond acceptors (Lipinski definition) is 3. The van der Waals surface area contributed by atoms with Gasteiger partial charge in [0.1, 0.15) is 5.78 Å². The van der Waals surface area contributed by atoms with Crippen LogP contribution >= 0.6 is 0 Å². The van der Waals surface area contributed by atoms with Crippen LogP contribution in [0.5, 0.6) is 0 Å². The molecule has 1 saturated heterocycles. The minimum absolute atomic E-state index is 0.192. The van der Waals surface area contributed by atoms with E-state index in [1.165, 1.54) is 0 Å². The number of hydrogen-bond donors (Lipinski definition) is 0. The average molecular weight is 198 g/mol. The first kappa shape index (κ1) is 10.1. The van der Waals surface area contributed by atoms with Gasteiger partial charge >= 0.3 is 0 Å². The van der Waals surface area contributed by atoms with Gasteiger partial charge in [0.25, 0.3) is 0 Å². The van der Waals surface area contributed by atoms with Gasteiger partial charge in [0.05, 0.1) is 19.3 Å². The predicted molar refractivity (Wildman–Crippen MR) is 52.1 cm³/mol. The van der Waals surface area contributed by atoms with E-state index in [1.807, 2.05) is 0 Å². The van der Waals surface area contributed by atoms with Gasteiger partial charge in [0, 0.05) is 25.4 Å². The van der Waals surface area contributed by atoms with Crippen LogP contribution in [0.25, 0.3) is 0 Å². The van der Waals surface area contributed by atoms with Crippen LogP contribution in [-0.2, 0) is 14.3 Å². The number of carbonyl (C=O) groups is 1. The molecule has 0 aromatic rings. The lowest BCUT2D eigenvalue weighted by Crippen LogP contribution is -2.25. The molecule has 0 N–H and O–H groups in total. The van der Waals surface area contributed by atoms with E-state index in [2.05, 4.69) is 0 Å². The lowest BCUT2D eigenvalue weighted by Gasteiger charge is -2.22. The van der Waals surface area contributed by atoms with Crippen LogP contribution in [0.15, 0.2) is 0 Å². The molecular formula is C11H18O3. The van der Waals surface area contributed by atoms with Crippen LogP contribution in [0.3, 0.4) is 0 Å². The van der Waals surface area contributed by atoms with Crippen molar-refractivity contribution in [2.75, 3.05) is 19.8 Å². The molecule has 80 valence electrons. The molecule has 1 aliphatic carbocycles. The largest absolute Gasteiger partial charge is 0.381 e. The highest BCUT2D eigenvalue weighted by Gasteiger charge is 2.22. The van der Waals surface area contributed by atoms with Crippen molar-refractivity contribution in [1.29, 1.82) is 0 Å². The van der Waals surface area contributed by atoms with Gasteiger partial charge in [0.2, 0.25) is 0 Å². The summed E-state index contributed by atoms with van der Waals surface area (Å²) in [5.74, 6) is 0.927. The van der Waals surface area contributed by atoms with Gasteiger partial charge in [-0.05, 0) is 19.3 Å². The number of carbonyl (C=O) groups excluding carboxylic acids is 1. The number of ketones is 1. The van der Waals surface area contributed by atoms with E-state index in [4.69, 9.17) is 9.47 Å². The zero-order chi connectivity index (χ0) is 9.80. The normalized spacial score (nSPS) is 33.6. The zero-order valence-electron chi connectivity index (χ0n) is 8.54. The molecule has 3 nitrogen and oxygen atoms in total. The smallest absolute Gasteiger partial charge is 0.135 e. The summed E-state index contributed by atoms with van der Waals surface area (Å²) in [4.78, 5) is 11.2. The van der Waals surface area contributed by atoms with Crippen molar-refractivity contribution < 1.29 is 14.3 Å². The first-order valence-corrected chi connectivity index (χ1v) is 5.55. The maximum atomic E-state index is 11.2. The molecule has 0 radical (unpaired) electrons. The Morgan fingerprint density at radius 3 is 3.07 bits per heavy atom. The molecule has 14 heavy (non-hydrogen) atoms. The summed E-state index contributed by atoms with van der Waals surface area (Å²) in [6.45, 7) is 2.48. The Morgan fingerprint density at radius 2 is 2.36 bits per heavy atom. The van der Waals surface area contributed by atoms with E-state index < -0.39 is 0 Å². The van der Waals surface area contributed by atoms with Crippen LogP contribution in [0.2, 0.25) is 0 Å². The van der Waals surface area contributed by atoms with Gasteiger partial charge in [-0.3, -0.25) is 4.79 Å². The Balaban J connectivity index is 1.66. The van der Waals surface area contributed by atoms with Gasteiger partial charge in [-0.2, -0.15) is 0 Å². The fourth-order valence-corrected chi connectivity index (χ4v) is 2.11. The summed E-state index contributed by atoms with van der Waals surface area (Å²) in [5, 5.41) is 0. The molecule has 3 heteroatoms. The number of ether oxygens (including phenoxy) is 2. The van der Waals surface area contributed by atoms with Crippen LogP contribution in [0, 0.1) is 5.92 Å². The molecule has 1 saturated carbocycles. The van der Waals surface area contributed by atoms with E-state index in [1.54, 1.807) is 0 Å². The first-order chi connectivity index (χ1) is 6.84. The summed E-state index contributed by atoms with van der Waals surface area (Å²) in [6, 6.07) is 0. The molecule has 0 bridgehead atoms. The third-order valence-electron chi connectivity index (χ3n) is 3.03.